The zero-order valence-electron chi connectivity index (χ0n) is 9.82. The Labute approximate surface area is 99.3 Å². The van der Waals surface area contributed by atoms with Gasteiger partial charge in [-0.25, -0.2) is 4.79 Å². The third kappa shape index (κ3) is 2.69. The van der Waals surface area contributed by atoms with Crippen molar-refractivity contribution in [3.8, 4) is 0 Å². The molecule has 90 valence electrons. The zero-order valence-corrected chi connectivity index (χ0v) is 10.6. The molecule has 6 heteroatoms. The van der Waals surface area contributed by atoms with E-state index < -0.39 is 5.97 Å². The highest BCUT2D eigenvalue weighted by Gasteiger charge is 2.20. The molecule has 0 saturated carbocycles. The highest BCUT2D eigenvalue weighted by molar-refractivity contribution is 7.98. The minimum Gasteiger partial charge on any atom is -0.460 e. The van der Waals surface area contributed by atoms with E-state index >= 15 is 0 Å². The molecule has 0 fully saturated rings. The number of anilines is 1. The molecule has 1 heterocycles. The summed E-state index contributed by atoms with van der Waals surface area (Å²) in [4.78, 5) is 11.8. The predicted octanol–water partition coefficient (Wildman–Crippen LogP) is 1.31. The van der Waals surface area contributed by atoms with Crippen LogP contribution in [0.3, 0.4) is 0 Å². The number of nitrogen functional groups attached to an aromatic ring is 1. The number of rotatable bonds is 5. The Bertz CT molecular complexity index is 376. The van der Waals surface area contributed by atoms with E-state index in [1.807, 2.05) is 13.2 Å². The number of hydrogen-bond donors (Lipinski definition) is 1. The first-order valence-electron chi connectivity index (χ1n) is 5.10. The van der Waals surface area contributed by atoms with Gasteiger partial charge in [-0.2, -0.15) is 16.9 Å². The van der Waals surface area contributed by atoms with Crippen LogP contribution < -0.4 is 5.73 Å². The van der Waals surface area contributed by atoms with Crippen LogP contribution >= 0.6 is 11.8 Å². The number of nitrogens with zero attached hydrogens (tertiary/aromatic N) is 2. The first kappa shape index (κ1) is 12.9. The zero-order chi connectivity index (χ0) is 12.1. The van der Waals surface area contributed by atoms with Crippen LogP contribution in [0.25, 0.3) is 0 Å². The molecule has 0 bridgehead atoms. The van der Waals surface area contributed by atoms with E-state index in [9.17, 15) is 4.79 Å². The quantitative estimate of drug-likeness (QED) is 0.623. The van der Waals surface area contributed by atoms with Gasteiger partial charge in [0.1, 0.15) is 6.61 Å². The molecular formula is C10H17N3O2S. The van der Waals surface area contributed by atoms with Crippen molar-refractivity contribution >= 4 is 23.4 Å². The van der Waals surface area contributed by atoms with Gasteiger partial charge in [-0.05, 0) is 20.1 Å². The first-order chi connectivity index (χ1) is 7.61. The Kier molecular flexibility index (Phi) is 4.67. The van der Waals surface area contributed by atoms with Gasteiger partial charge < -0.3 is 10.5 Å². The molecule has 0 aliphatic carbocycles. The average Bonchev–Trinajstić information content (AvgIpc) is 2.55. The van der Waals surface area contributed by atoms with E-state index in [-0.39, 0.29) is 0 Å². The molecule has 1 rings (SSSR count). The fraction of sp³-hybridized carbons (Fsp3) is 0.600. The molecule has 16 heavy (non-hydrogen) atoms. The van der Waals surface area contributed by atoms with Gasteiger partial charge in [0, 0.05) is 12.3 Å². The maximum absolute atomic E-state index is 11.8. The van der Waals surface area contributed by atoms with Crippen molar-refractivity contribution in [2.45, 2.75) is 20.4 Å². The maximum atomic E-state index is 11.8. The minimum atomic E-state index is -0.394. The van der Waals surface area contributed by atoms with Crippen molar-refractivity contribution < 1.29 is 9.53 Å². The lowest BCUT2D eigenvalue weighted by molar-refractivity contribution is 0.0517. The van der Waals surface area contributed by atoms with Crippen LogP contribution in [0.1, 0.15) is 23.1 Å². The van der Waals surface area contributed by atoms with Gasteiger partial charge >= 0.3 is 5.97 Å². The van der Waals surface area contributed by atoms with Crippen LogP contribution in [-0.2, 0) is 11.3 Å². The van der Waals surface area contributed by atoms with E-state index in [4.69, 9.17) is 10.5 Å². The van der Waals surface area contributed by atoms with E-state index in [1.54, 1.807) is 23.4 Å². The van der Waals surface area contributed by atoms with E-state index in [1.165, 1.54) is 0 Å². The molecule has 2 N–H and O–H groups in total. The number of thioether (sulfide) groups is 1. The van der Waals surface area contributed by atoms with Crippen molar-refractivity contribution in [2.75, 3.05) is 24.3 Å². The Morgan fingerprint density at radius 3 is 2.88 bits per heavy atom. The minimum absolute atomic E-state index is 0.362. The van der Waals surface area contributed by atoms with Crippen molar-refractivity contribution in [3.63, 3.8) is 0 Å². The van der Waals surface area contributed by atoms with Gasteiger partial charge in [0.15, 0.2) is 5.69 Å². The molecule has 5 nitrogen and oxygen atoms in total. The summed E-state index contributed by atoms with van der Waals surface area (Å²) in [6.07, 6.45) is 1.96. The Hall–Kier alpha value is -1.17. The molecule has 1 aromatic rings. The molecule has 0 amide bonds. The smallest absolute Gasteiger partial charge is 0.358 e. The van der Waals surface area contributed by atoms with Crippen molar-refractivity contribution in [2.24, 2.45) is 0 Å². The normalized spacial score (nSPS) is 10.4. The number of hydrogen-bond acceptors (Lipinski definition) is 5. The second-order valence-corrected chi connectivity index (χ2v) is 4.28. The maximum Gasteiger partial charge on any atom is 0.358 e. The summed E-state index contributed by atoms with van der Waals surface area (Å²) in [7, 11) is 0. The number of esters is 1. The number of aromatic nitrogens is 2. The van der Waals surface area contributed by atoms with Crippen LogP contribution in [0.4, 0.5) is 5.69 Å². The molecule has 0 unspecified atom stereocenters. The summed E-state index contributed by atoms with van der Waals surface area (Å²) in [5.74, 6) is 0.388. The average molecular weight is 243 g/mol. The standard InChI is InChI=1S/C10H17N3O2S/c1-4-13-9(8(11)7(2)12-13)10(14)15-5-6-16-3/h4-6,11H2,1-3H3. The van der Waals surface area contributed by atoms with Crippen LogP contribution in [-0.4, -0.2) is 34.4 Å². The molecule has 0 atom stereocenters. The van der Waals surface area contributed by atoms with Gasteiger partial charge in [0.2, 0.25) is 0 Å². The lowest BCUT2D eigenvalue weighted by Crippen LogP contribution is -2.15. The number of ether oxygens (including phenoxy) is 1. The highest BCUT2D eigenvalue weighted by Crippen LogP contribution is 2.17. The monoisotopic (exact) mass is 243 g/mol. The van der Waals surface area contributed by atoms with Crippen LogP contribution in [0, 0.1) is 6.92 Å². The summed E-state index contributed by atoms with van der Waals surface area (Å²) in [6, 6.07) is 0. The van der Waals surface area contributed by atoms with Crippen molar-refractivity contribution in [3.05, 3.63) is 11.4 Å². The van der Waals surface area contributed by atoms with Gasteiger partial charge in [-0.3, -0.25) is 4.68 Å². The third-order valence-corrected chi connectivity index (χ3v) is 2.76. The third-order valence-electron chi connectivity index (χ3n) is 2.19. The van der Waals surface area contributed by atoms with Crippen molar-refractivity contribution in [1.82, 2.24) is 9.78 Å². The number of nitrogens with two attached hydrogens (primary N) is 1. The molecule has 1 aromatic heterocycles. The highest BCUT2D eigenvalue weighted by atomic mass is 32.2. The summed E-state index contributed by atoms with van der Waals surface area (Å²) in [5, 5.41) is 4.16. The number of carbonyl (C=O) groups is 1. The van der Waals surface area contributed by atoms with Gasteiger partial charge in [0.05, 0.1) is 11.4 Å². The SMILES string of the molecule is CCn1nc(C)c(N)c1C(=O)OCCSC. The van der Waals surface area contributed by atoms with Crippen LogP contribution in [0.2, 0.25) is 0 Å². The summed E-state index contributed by atoms with van der Waals surface area (Å²) in [5.41, 5.74) is 7.24. The first-order valence-corrected chi connectivity index (χ1v) is 6.50. The topological polar surface area (TPSA) is 70.1 Å². The largest absolute Gasteiger partial charge is 0.460 e. The van der Waals surface area contributed by atoms with Gasteiger partial charge in [-0.1, -0.05) is 0 Å². The summed E-state index contributed by atoms with van der Waals surface area (Å²) >= 11 is 1.63. The lowest BCUT2D eigenvalue weighted by Gasteiger charge is -2.06. The fourth-order valence-electron chi connectivity index (χ4n) is 1.33. The fourth-order valence-corrected chi connectivity index (χ4v) is 1.58. The number of aryl methyl sites for hydroxylation is 2. The Morgan fingerprint density at radius 2 is 2.31 bits per heavy atom. The Morgan fingerprint density at radius 1 is 1.62 bits per heavy atom. The lowest BCUT2D eigenvalue weighted by atomic mass is 10.3. The molecule has 0 saturated heterocycles. The van der Waals surface area contributed by atoms with E-state index in [0.29, 0.717) is 30.2 Å². The molecule has 0 spiro atoms. The molecule has 0 aromatic carbocycles. The van der Waals surface area contributed by atoms with Gasteiger partial charge in [0.25, 0.3) is 0 Å². The molecular weight excluding hydrogens is 226 g/mol. The Balaban J connectivity index is 2.81. The summed E-state index contributed by atoms with van der Waals surface area (Å²) < 4.78 is 6.68. The van der Waals surface area contributed by atoms with E-state index in [2.05, 4.69) is 5.10 Å². The van der Waals surface area contributed by atoms with Gasteiger partial charge in [-0.15, -0.1) is 0 Å². The number of carbonyl (C=O) groups excluding carboxylic acids is 1. The summed E-state index contributed by atoms with van der Waals surface area (Å²) in [6.45, 7) is 4.68. The predicted molar refractivity (Wildman–Crippen MR) is 65.7 cm³/mol. The second kappa shape index (κ2) is 5.79. The van der Waals surface area contributed by atoms with E-state index in [0.717, 1.165) is 5.75 Å². The van der Waals surface area contributed by atoms with Crippen molar-refractivity contribution in [1.29, 1.82) is 0 Å². The van der Waals surface area contributed by atoms with Crippen LogP contribution in [0.15, 0.2) is 0 Å². The second-order valence-electron chi connectivity index (χ2n) is 3.29. The molecule has 0 aliphatic rings. The molecule has 0 aliphatic heterocycles. The van der Waals surface area contributed by atoms with Crippen LogP contribution in [0.5, 0.6) is 0 Å². The molecule has 0 radical (unpaired) electrons.